The summed E-state index contributed by atoms with van der Waals surface area (Å²) in [5, 5.41) is 3.43. The van der Waals surface area contributed by atoms with Gasteiger partial charge in [-0.25, -0.2) is 4.98 Å². The third-order valence-corrected chi connectivity index (χ3v) is 6.73. The molecule has 0 aliphatic heterocycles. The molecule has 0 radical (unpaired) electrons. The average molecular weight is 469 g/mol. The van der Waals surface area contributed by atoms with Crippen molar-refractivity contribution in [2.45, 2.75) is 17.5 Å². The first-order chi connectivity index (χ1) is 13.7. The van der Waals surface area contributed by atoms with E-state index in [4.69, 9.17) is 4.98 Å². The Bertz CT molecular complexity index is 1200. The van der Waals surface area contributed by atoms with Crippen LogP contribution in [-0.4, -0.2) is 9.55 Å². The fourth-order valence-electron chi connectivity index (χ4n) is 3.01. The smallest absolute Gasteiger partial charge is 0.263 e. The van der Waals surface area contributed by atoms with E-state index in [1.807, 2.05) is 47.8 Å². The van der Waals surface area contributed by atoms with E-state index < -0.39 is 0 Å². The van der Waals surface area contributed by atoms with Crippen molar-refractivity contribution in [2.24, 2.45) is 0 Å². The molecule has 4 rings (SSSR count). The maximum absolute atomic E-state index is 13.3. The van der Waals surface area contributed by atoms with Crippen LogP contribution in [-0.2, 0) is 12.3 Å². The summed E-state index contributed by atoms with van der Waals surface area (Å²) < 4.78 is 2.76. The SMILES string of the molecule is C=CCn1c(SCc2cccc(Br)c2)nc2scc(-c3ccccc3)c2c1=O. The summed E-state index contributed by atoms with van der Waals surface area (Å²) in [6, 6.07) is 18.2. The van der Waals surface area contributed by atoms with Gasteiger partial charge in [-0.15, -0.1) is 17.9 Å². The number of hydrogen-bond donors (Lipinski definition) is 0. The summed E-state index contributed by atoms with van der Waals surface area (Å²) in [5.41, 5.74) is 3.14. The summed E-state index contributed by atoms with van der Waals surface area (Å²) in [6.07, 6.45) is 1.74. The molecule has 0 saturated heterocycles. The van der Waals surface area contributed by atoms with E-state index in [-0.39, 0.29) is 5.56 Å². The van der Waals surface area contributed by atoms with E-state index in [0.29, 0.717) is 11.9 Å². The highest BCUT2D eigenvalue weighted by Crippen LogP contribution is 2.32. The van der Waals surface area contributed by atoms with Crippen molar-refractivity contribution in [2.75, 3.05) is 0 Å². The summed E-state index contributed by atoms with van der Waals surface area (Å²) in [4.78, 5) is 18.9. The van der Waals surface area contributed by atoms with Crippen LogP contribution in [0.3, 0.4) is 0 Å². The number of allylic oxidation sites excluding steroid dienone is 1. The average Bonchev–Trinajstić information content (AvgIpc) is 3.14. The minimum atomic E-state index is -0.0123. The number of aromatic nitrogens is 2. The molecule has 0 aliphatic carbocycles. The third-order valence-electron chi connectivity index (χ3n) is 4.31. The molecule has 0 bridgehead atoms. The molecule has 2 heterocycles. The van der Waals surface area contributed by atoms with Crippen LogP contribution in [0.2, 0.25) is 0 Å². The first-order valence-corrected chi connectivity index (χ1v) is 11.4. The summed E-state index contributed by atoms with van der Waals surface area (Å²) in [6.45, 7) is 4.25. The molecule has 28 heavy (non-hydrogen) atoms. The van der Waals surface area contributed by atoms with Gasteiger partial charge in [-0.1, -0.05) is 76.2 Å². The number of hydrogen-bond acceptors (Lipinski definition) is 4. The Morgan fingerprint density at radius 2 is 2.00 bits per heavy atom. The maximum Gasteiger partial charge on any atom is 0.263 e. The Hall–Kier alpha value is -2.15. The van der Waals surface area contributed by atoms with E-state index in [1.54, 1.807) is 22.4 Å². The maximum atomic E-state index is 13.3. The van der Waals surface area contributed by atoms with Crippen LogP contribution in [0.4, 0.5) is 0 Å². The van der Waals surface area contributed by atoms with Gasteiger partial charge < -0.3 is 0 Å². The monoisotopic (exact) mass is 468 g/mol. The van der Waals surface area contributed by atoms with Gasteiger partial charge in [0.25, 0.3) is 5.56 Å². The Balaban J connectivity index is 1.78. The van der Waals surface area contributed by atoms with Gasteiger partial charge in [-0.05, 0) is 23.3 Å². The Morgan fingerprint density at radius 3 is 2.75 bits per heavy atom. The molecule has 0 N–H and O–H groups in total. The largest absolute Gasteiger partial charge is 0.283 e. The Labute approximate surface area is 179 Å². The molecule has 4 aromatic rings. The van der Waals surface area contributed by atoms with Crippen LogP contribution >= 0.6 is 39.0 Å². The topological polar surface area (TPSA) is 34.9 Å². The molecule has 0 unspecified atom stereocenters. The molecule has 0 amide bonds. The molecule has 140 valence electrons. The second-order valence-electron chi connectivity index (χ2n) is 6.21. The molecule has 2 aromatic carbocycles. The van der Waals surface area contributed by atoms with Crippen LogP contribution in [0.25, 0.3) is 21.3 Å². The molecule has 6 heteroatoms. The molecular weight excluding hydrogens is 452 g/mol. The van der Waals surface area contributed by atoms with Crippen molar-refractivity contribution in [3.05, 3.63) is 93.0 Å². The van der Waals surface area contributed by atoms with Crippen molar-refractivity contribution >= 4 is 49.2 Å². The van der Waals surface area contributed by atoms with Gasteiger partial charge in [-0.3, -0.25) is 9.36 Å². The molecule has 0 saturated carbocycles. The van der Waals surface area contributed by atoms with Crippen LogP contribution in [0.5, 0.6) is 0 Å². The standard InChI is InChI=1S/C22H17BrN2OS2/c1-2-11-25-21(26)19-18(16-8-4-3-5-9-16)14-27-20(19)24-22(25)28-13-15-7-6-10-17(23)12-15/h2-10,12,14H,1,11,13H2. The highest BCUT2D eigenvalue weighted by Gasteiger charge is 2.17. The minimum Gasteiger partial charge on any atom is -0.283 e. The van der Waals surface area contributed by atoms with Crippen molar-refractivity contribution in [3.8, 4) is 11.1 Å². The van der Waals surface area contributed by atoms with Gasteiger partial charge in [0.2, 0.25) is 0 Å². The highest BCUT2D eigenvalue weighted by atomic mass is 79.9. The number of halogens is 1. The number of nitrogens with zero attached hydrogens (tertiary/aromatic N) is 2. The highest BCUT2D eigenvalue weighted by molar-refractivity contribution is 9.10. The molecule has 0 aliphatic rings. The van der Waals surface area contributed by atoms with Crippen molar-refractivity contribution < 1.29 is 0 Å². The number of fused-ring (bicyclic) bond motifs is 1. The quantitative estimate of drug-likeness (QED) is 0.187. The molecule has 0 fully saturated rings. The van der Waals surface area contributed by atoms with E-state index in [1.165, 1.54) is 16.9 Å². The fourth-order valence-corrected chi connectivity index (χ4v) is 5.40. The summed E-state index contributed by atoms with van der Waals surface area (Å²) in [7, 11) is 0. The van der Waals surface area contributed by atoms with Crippen LogP contribution in [0.15, 0.2) is 87.1 Å². The lowest BCUT2D eigenvalue weighted by molar-refractivity contribution is 0.673. The molecule has 0 atom stereocenters. The number of thiophene rings is 1. The van der Waals surface area contributed by atoms with Gasteiger partial charge >= 0.3 is 0 Å². The minimum absolute atomic E-state index is 0.0123. The van der Waals surface area contributed by atoms with E-state index in [9.17, 15) is 4.79 Å². The lowest BCUT2D eigenvalue weighted by Gasteiger charge is -2.11. The van der Waals surface area contributed by atoms with Gasteiger partial charge in [0, 0.05) is 27.7 Å². The van der Waals surface area contributed by atoms with E-state index in [0.717, 1.165) is 31.3 Å². The zero-order valence-electron chi connectivity index (χ0n) is 15.0. The zero-order chi connectivity index (χ0) is 19.5. The zero-order valence-corrected chi connectivity index (χ0v) is 18.2. The number of rotatable bonds is 6. The van der Waals surface area contributed by atoms with Crippen LogP contribution in [0.1, 0.15) is 5.56 Å². The van der Waals surface area contributed by atoms with Gasteiger partial charge in [0.05, 0.1) is 5.39 Å². The second-order valence-corrected chi connectivity index (χ2v) is 8.93. The lowest BCUT2D eigenvalue weighted by atomic mass is 10.1. The van der Waals surface area contributed by atoms with Crippen molar-refractivity contribution in [3.63, 3.8) is 0 Å². The first-order valence-electron chi connectivity index (χ1n) is 8.73. The fraction of sp³-hybridized carbons (Fsp3) is 0.0909. The number of thioether (sulfide) groups is 1. The normalized spacial score (nSPS) is 11.0. The Morgan fingerprint density at radius 1 is 1.18 bits per heavy atom. The molecule has 2 aromatic heterocycles. The van der Waals surface area contributed by atoms with E-state index in [2.05, 4.69) is 34.6 Å². The third kappa shape index (κ3) is 3.85. The Kier molecular flexibility index (Phi) is 5.80. The van der Waals surface area contributed by atoms with Gasteiger partial charge in [0.1, 0.15) is 4.83 Å². The number of benzene rings is 2. The predicted molar refractivity (Wildman–Crippen MR) is 123 cm³/mol. The second kappa shape index (κ2) is 8.47. The van der Waals surface area contributed by atoms with Gasteiger partial charge in [0.15, 0.2) is 5.16 Å². The van der Waals surface area contributed by atoms with Crippen LogP contribution in [0, 0.1) is 0 Å². The van der Waals surface area contributed by atoms with Crippen molar-refractivity contribution in [1.82, 2.24) is 9.55 Å². The van der Waals surface area contributed by atoms with Gasteiger partial charge in [-0.2, -0.15) is 0 Å². The van der Waals surface area contributed by atoms with Crippen molar-refractivity contribution in [1.29, 1.82) is 0 Å². The molecule has 3 nitrogen and oxygen atoms in total. The predicted octanol–water partition coefficient (Wildman–Crippen LogP) is 6.37. The van der Waals surface area contributed by atoms with E-state index >= 15 is 0 Å². The summed E-state index contributed by atoms with van der Waals surface area (Å²) in [5.74, 6) is 0.742. The summed E-state index contributed by atoms with van der Waals surface area (Å²) >= 11 is 6.59. The lowest BCUT2D eigenvalue weighted by Crippen LogP contribution is -2.22. The molecule has 0 spiro atoms. The molecular formula is C22H17BrN2OS2. The van der Waals surface area contributed by atoms with Crippen LogP contribution < -0.4 is 5.56 Å². The first kappa shape index (κ1) is 19.2.